The first kappa shape index (κ1) is 9.58. The topological polar surface area (TPSA) is 35.5 Å². The molecular formula is C10H11O3. The Hall–Kier alpha value is -1.51. The molecule has 0 unspecified atom stereocenters. The van der Waals surface area contributed by atoms with Gasteiger partial charge in [-0.2, -0.15) is 0 Å². The molecule has 0 amide bonds. The van der Waals surface area contributed by atoms with Crippen molar-refractivity contribution in [3.63, 3.8) is 0 Å². The Bertz CT molecular complexity index is 277. The third-order valence-corrected chi connectivity index (χ3v) is 1.50. The van der Waals surface area contributed by atoms with E-state index >= 15 is 0 Å². The number of benzene rings is 1. The van der Waals surface area contributed by atoms with E-state index in [1.165, 1.54) is 0 Å². The molecule has 0 aliphatic heterocycles. The number of hydrogen-bond acceptors (Lipinski definition) is 3. The van der Waals surface area contributed by atoms with E-state index in [4.69, 9.17) is 9.47 Å². The van der Waals surface area contributed by atoms with Crippen LogP contribution in [0.3, 0.4) is 0 Å². The summed E-state index contributed by atoms with van der Waals surface area (Å²) in [6, 6.07) is 6.80. The molecule has 0 saturated heterocycles. The van der Waals surface area contributed by atoms with Gasteiger partial charge in [0.25, 0.3) is 0 Å². The molecule has 0 aliphatic rings. The molecule has 0 saturated carbocycles. The summed E-state index contributed by atoms with van der Waals surface area (Å²) in [7, 11) is 1.58. The van der Waals surface area contributed by atoms with Crippen molar-refractivity contribution in [3.05, 3.63) is 31.2 Å². The molecule has 1 aromatic carbocycles. The molecule has 13 heavy (non-hydrogen) atoms. The Kier molecular flexibility index (Phi) is 3.31. The summed E-state index contributed by atoms with van der Waals surface area (Å²) in [5.41, 5.74) is 0. The standard InChI is InChI=1S/C10H11O3/c1-3-10(11)13-9-6-4-8(12-2)5-7-9/h4-7H,1,3H2,2H3. The van der Waals surface area contributed by atoms with Crippen LogP contribution in [0.5, 0.6) is 11.5 Å². The van der Waals surface area contributed by atoms with Crippen LogP contribution in [0.15, 0.2) is 24.3 Å². The fraction of sp³-hybridized carbons (Fsp3) is 0.200. The number of esters is 1. The Morgan fingerprint density at radius 1 is 1.31 bits per heavy atom. The van der Waals surface area contributed by atoms with Crippen molar-refractivity contribution in [3.8, 4) is 11.5 Å². The van der Waals surface area contributed by atoms with Gasteiger partial charge in [-0.3, -0.25) is 4.79 Å². The van der Waals surface area contributed by atoms with Crippen LogP contribution >= 0.6 is 0 Å². The highest BCUT2D eigenvalue weighted by molar-refractivity contribution is 5.72. The van der Waals surface area contributed by atoms with Gasteiger partial charge < -0.3 is 9.47 Å². The van der Waals surface area contributed by atoms with Crippen molar-refractivity contribution < 1.29 is 14.3 Å². The third-order valence-electron chi connectivity index (χ3n) is 1.50. The minimum atomic E-state index is -0.342. The molecule has 0 spiro atoms. The van der Waals surface area contributed by atoms with Crippen molar-refractivity contribution in [1.82, 2.24) is 0 Å². The smallest absolute Gasteiger partial charge is 0.311 e. The Morgan fingerprint density at radius 2 is 1.85 bits per heavy atom. The summed E-state index contributed by atoms with van der Waals surface area (Å²) in [6.45, 7) is 3.42. The van der Waals surface area contributed by atoms with Crippen LogP contribution in [0, 0.1) is 6.92 Å². The fourth-order valence-corrected chi connectivity index (χ4v) is 0.826. The van der Waals surface area contributed by atoms with E-state index in [2.05, 4.69) is 6.92 Å². The molecule has 0 aromatic heterocycles. The van der Waals surface area contributed by atoms with Crippen LogP contribution in [0.25, 0.3) is 0 Å². The van der Waals surface area contributed by atoms with Crippen LogP contribution in [-0.2, 0) is 4.79 Å². The summed E-state index contributed by atoms with van der Waals surface area (Å²) < 4.78 is 9.85. The Labute approximate surface area is 77.3 Å². The van der Waals surface area contributed by atoms with Gasteiger partial charge in [0, 0.05) is 6.42 Å². The molecule has 0 aliphatic carbocycles. The first-order valence-corrected chi connectivity index (χ1v) is 3.90. The summed E-state index contributed by atoms with van der Waals surface area (Å²) in [5, 5.41) is 0. The molecule has 0 fully saturated rings. The molecule has 0 heterocycles. The second-order valence-corrected chi connectivity index (χ2v) is 2.40. The fourth-order valence-electron chi connectivity index (χ4n) is 0.826. The second kappa shape index (κ2) is 4.50. The van der Waals surface area contributed by atoms with E-state index in [9.17, 15) is 4.79 Å². The Balaban J connectivity index is 2.64. The van der Waals surface area contributed by atoms with E-state index in [1.54, 1.807) is 31.4 Å². The molecule has 1 aromatic rings. The van der Waals surface area contributed by atoms with E-state index in [0.29, 0.717) is 5.75 Å². The van der Waals surface area contributed by atoms with Crippen LogP contribution in [0.4, 0.5) is 0 Å². The van der Waals surface area contributed by atoms with Crippen molar-refractivity contribution in [1.29, 1.82) is 0 Å². The molecule has 3 heteroatoms. The number of methoxy groups -OCH3 is 1. The number of rotatable bonds is 3. The zero-order valence-corrected chi connectivity index (χ0v) is 7.45. The number of ether oxygens (including phenoxy) is 2. The molecule has 0 bridgehead atoms. The molecule has 0 N–H and O–H groups in total. The summed E-state index contributed by atoms with van der Waals surface area (Å²) in [4.78, 5) is 10.8. The molecule has 1 rings (SSSR count). The van der Waals surface area contributed by atoms with Crippen molar-refractivity contribution in [2.45, 2.75) is 6.42 Å². The lowest BCUT2D eigenvalue weighted by Gasteiger charge is -2.03. The van der Waals surface area contributed by atoms with Crippen molar-refractivity contribution in [2.75, 3.05) is 7.11 Å². The van der Waals surface area contributed by atoms with Gasteiger partial charge >= 0.3 is 5.97 Å². The predicted octanol–water partition coefficient (Wildman–Crippen LogP) is 1.82. The molecule has 69 valence electrons. The summed E-state index contributed by atoms with van der Waals surface area (Å²) >= 11 is 0. The zero-order chi connectivity index (χ0) is 9.68. The van der Waals surface area contributed by atoms with E-state index in [-0.39, 0.29) is 12.4 Å². The maximum atomic E-state index is 10.8. The van der Waals surface area contributed by atoms with Gasteiger partial charge in [-0.05, 0) is 31.2 Å². The predicted molar refractivity (Wildman–Crippen MR) is 48.6 cm³/mol. The van der Waals surface area contributed by atoms with E-state index < -0.39 is 0 Å². The second-order valence-electron chi connectivity index (χ2n) is 2.40. The van der Waals surface area contributed by atoms with E-state index in [1.807, 2.05) is 0 Å². The van der Waals surface area contributed by atoms with E-state index in [0.717, 1.165) is 5.75 Å². The van der Waals surface area contributed by atoms with Gasteiger partial charge in [-0.1, -0.05) is 0 Å². The lowest BCUT2D eigenvalue weighted by Crippen LogP contribution is -2.05. The lowest BCUT2D eigenvalue weighted by atomic mass is 10.3. The van der Waals surface area contributed by atoms with Gasteiger partial charge in [-0.15, -0.1) is 0 Å². The summed E-state index contributed by atoms with van der Waals surface area (Å²) in [6.07, 6.45) is 0.131. The average molecular weight is 179 g/mol. The number of carbonyl (C=O) groups excluding carboxylic acids is 1. The van der Waals surface area contributed by atoms with Crippen LogP contribution in [0.1, 0.15) is 6.42 Å². The zero-order valence-electron chi connectivity index (χ0n) is 7.45. The largest absolute Gasteiger partial charge is 0.497 e. The Morgan fingerprint density at radius 3 is 2.31 bits per heavy atom. The average Bonchev–Trinajstić information content (AvgIpc) is 2.19. The van der Waals surface area contributed by atoms with Gasteiger partial charge in [0.05, 0.1) is 7.11 Å². The van der Waals surface area contributed by atoms with Crippen molar-refractivity contribution >= 4 is 5.97 Å². The maximum Gasteiger partial charge on any atom is 0.311 e. The van der Waals surface area contributed by atoms with Crippen LogP contribution in [-0.4, -0.2) is 13.1 Å². The SMILES string of the molecule is [CH2]CC(=O)Oc1ccc(OC)cc1. The van der Waals surface area contributed by atoms with Crippen molar-refractivity contribution in [2.24, 2.45) is 0 Å². The monoisotopic (exact) mass is 179 g/mol. The third kappa shape index (κ3) is 2.78. The molecular weight excluding hydrogens is 168 g/mol. The highest BCUT2D eigenvalue weighted by Gasteiger charge is 2.00. The van der Waals surface area contributed by atoms with Gasteiger partial charge in [0.15, 0.2) is 0 Å². The highest BCUT2D eigenvalue weighted by Crippen LogP contribution is 2.17. The van der Waals surface area contributed by atoms with Gasteiger partial charge in [-0.25, -0.2) is 0 Å². The quantitative estimate of drug-likeness (QED) is 0.524. The van der Waals surface area contributed by atoms with Gasteiger partial charge in [0.1, 0.15) is 11.5 Å². The first-order valence-electron chi connectivity index (χ1n) is 3.90. The molecule has 3 nitrogen and oxygen atoms in total. The van der Waals surface area contributed by atoms with Crippen LogP contribution in [0.2, 0.25) is 0 Å². The van der Waals surface area contributed by atoms with Gasteiger partial charge in [0.2, 0.25) is 0 Å². The summed E-state index contributed by atoms with van der Waals surface area (Å²) in [5.74, 6) is 0.897. The normalized spacial score (nSPS) is 9.38. The molecule has 1 radical (unpaired) electrons. The maximum absolute atomic E-state index is 10.8. The molecule has 0 atom stereocenters. The number of hydrogen-bond donors (Lipinski definition) is 0. The van der Waals surface area contributed by atoms with Crippen LogP contribution < -0.4 is 9.47 Å². The minimum absolute atomic E-state index is 0.131. The number of carbonyl (C=O) groups is 1. The minimum Gasteiger partial charge on any atom is -0.497 e. The highest BCUT2D eigenvalue weighted by atomic mass is 16.5. The lowest BCUT2D eigenvalue weighted by molar-refractivity contribution is -0.133. The first-order chi connectivity index (χ1) is 6.26.